The number of Topliss-reactive ketones (excluding diaryl/α,β-unsaturated/α-hetero) is 1. The van der Waals surface area contributed by atoms with E-state index in [4.69, 9.17) is 9.15 Å². The molecule has 2 aromatic carbocycles. The van der Waals surface area contributed by atoms with Gasteiger partial charge < -0.3 is 9.15 Å². The van der Waals surface area contributed by atoms with Crippen molar-refractivity contribution in [2.24, 2.45) is 0 Å². The second-order valence-corrected chi connectivity index (χ2v) is 6.10. The van der Waals surface area contributed by atoms with Crippen LogP contribution in [-0.2, 0) is 0 Å². The third kappa shape index (κ3) is 4.45. The molecule has 0 fully saturated rings. The van der Waals surface area contributed by atoms with Gasteiger partial charge in [-0.2, -0.15) is 0 Å². The Bertz CT molecular complexity index is 854. The maximum absolute atomic E-state index is 13.6. The molecule has 3 aromatic rings. The second-order valence-electron chi connectivity index (χ2n) is 5.17. The molecule has 0 amide bonds. The summed E-state index contributed by atoms with van der Waals surface area (Å²) in [7, 11) is 0. The molecule has 0 saturated carbocycles. The maximum Gasteiger partial charge on any atom is 0.277 e. The number of thioether (sulfide) groups is 1. The lowest BCUT2D eigenvalue weighted by molar-refractivity contribution is 0.102. The Hall–Kier alpha value is -2.67. The minimum absolute atomic E-state index is 0.0268. The number of para-hydroxylation sites is 1. The molecule has 3 rings (SSSR count). The van der Waals surface area contributed by atoms with Crippen LogP contribution >= 0.6 is 11.8 Å². The molecule has 25 heavy (non-hydrogen) atoms. The van der Waals surface area contributed by atoms with Crippen LogP contribution in [0.2, 0.25) is 0 Å². The number of rotatable bonds is 7. The van der Waals surface area contributed by atoms with Gasteiger partial charge in [0.2, 0.25) is 0 Å². The summed E-state index contributed by atoms with van der Waals surface area (Å²) in [5.41, 5.74) is 0.631. The van der Waals surface area contributed by atoms with Gasteiger partial charge in [0.15, 0.2) is 23.5 Å². The highest BCUT2D eigenvalue weighted by Gasteiger charge is 2.18. The molecular weight excluding hydrogens is 343 g/mol. The molecule has 5 nitrogen and oxygen atoms in total. The van der Waals surface area contributed by atoms with E-state index in [0.29, 0.717) is 5.56 Å². The van der Waals surface area contributed by atoms with Gasteiger partial charge in [0.1, 0.15) is 0 Å². The lowest BCUT2D eigenvalue weighted by Crippen LogP contribution is -2.04. The molecule has 0 N–H and O–H groups in total. The number of ketones is 1. The quantitative estimate of drug-likeness (QED) is 0.463. The topological polar surface area (TPSA) is 65.2 Å². The van der Waals surface area contributed by atoms with Crippen molar-refractivity contribution in [1.29, 1.82) is 0 Å². The second kappa shape index (κ2) is 7.94. The molecule has 0 spiro atoms. The Balaban J connectivity index is 1.58. The van der Waals surface area contributed by atoms with Crippen molar-refractivity contribution in [1.82, 2.24) is 10.2 Å². The fraction of sp³-hybridized carbons (Fsp3) is 0.167. The first-order valence-corrected chi connectivity index (χ1v) is 8.57. The highest BCUT2D eigenvalue weighted by Crippen LogP contribution is 2.25. The van der Waals surface area contributed by atoms with Crippen LogP contribution in [0.1, 0.15) is 29.3 Å². The predicted molar refractivity (Wildman–Crippen MR) is 91.2 cm³/mol. The number of carbonyl (C=O) groups is 1. The van der Waals surface area contributed by atoms with Gasteiger partial charge in [-0.05, 0) is 19.1 Å². The fourth-order valence-corrected chi connectivity index (χ4v) is 2.72. The van der Waals surface area contributed by atoms with Crippen molar-refractivity contribution in [2.45, 2.75) is 18.3 Å². The first kappa shape index (κ1) is 17.2. The number of halogens is 1. The highest BCUT2D eigenvalue weighted by atomic mass is 32.2. The van der Waals surface area contributed by atoms with Gasteiger partial charge in [0.25, 0.3) is 11.1 Å². The van der Waals surface area contributed by atoms with E-state index in [2.05, 4.69) is 10.2 Å². The Morgan fingerprint density at radius 2 is 1.88 bits per heavy atom. The minimum Gasteiger partial charge on any atom is -0.478 e. The first-order chi connectivity index (χ1) is 12.1. The molecule has 7 heteroatoms. The van der Waals surface area contributed by atoms with Gasteiger partial charge in [-0.25, -0.2) is 4.39 Å². The van der Waals surface area contributed by atoms with Crippen LogP contribution < -0.4 is 4.74 Å². The predicted octanol–water partition coefficient (Wildman–Crippen LogP) is 4.32. The summed E-state index contributed by atoms with van der Waals surface area (Å²) in [6, 6.07) is 15.1. The normalized spacial score (nSPS) is 11.9. The Morgan fingerprint density at radius 1 is 1.16 bits per heavy atom. The molecule has 0 aliphatic rings. The molecule has 0 unspecified atom stereocenters. The molecule has 1 atom stereocenters. The summed E-state index contributed by atoms with van der Waals surface area (Å²) < 4.78 is 24.6. The SMILES string of the molecule is C[C@H](Oc1ccccc1F)c1nnc(SCC(=O)c2ccccc2)o1. The number of hydrogen-bond acceptors (Lipinski definition) is 6. The molecule has 0 saturated heterocycles. The summed E-state index contributed by atoms with van der Waals surface area (Å²) in [6.45, 7) is 1.68. The molecule has 1 aromatic heterocycles. The smallest absolute Gasteiger partial charge is 0.277 e. The van der Waals surface area contributed by atoms with Crippen LogP contribution in [0.3, 0.4) is 0 Å². The molecular formula is C18H15FN2O3S. The fourth-order valence-electron chi connectivity index (χ4n) is 2.06. The summed E-state index contributed by atoms with van der Waals surface area (Å²) >= 11 is 1.15. The number of carbonyl (C=O) groups excluding carboxylic acids is 1. The third-order valence-corrected chi connectivity index (χ3v) is 4.15. The third-order valence-electron chi connectivity index (χ3n) is 3.33. The van der Waals surface area contributed by atoms with Crippen LogP contribution in [-0.4, -0.2) is 21.7 Å². The van der Waals surface area contributed by atoms with Gasteiger partial charge in [-0.1, -0.05) is 54.2 Å². The van der Waals surface area contributed by atoms with Crippen LogP contribution in [0.25, 0.3) is 0 Å². The molecule has 1 heterocycles. The van der Waals surface area contributed by atoms with E-state index in [0.717, 1.165) is 11.8 Å². The Morgan fingerprint density at radius 3 is 2.64 bits per heavy atom. The molecule has 0 bridgehead atoms. The van der Waals surface area contributed by atoms with Gasteiger partial charge in [0, 0.05) is 5.56 Å². The van der Waals surface area contributed by atoms with E-state index in [1.807, 2.05) is 18.2 Å². The largest absolute Gasteiger partial charge is 0.478 e. The minimum atomic E-state index is -0.608. The molecule has 128 valence electrons. The summed E-state index contributed by atoms with van der Waals surface area (Å²) in [6.07, 6.45) is -0.608. The maximum atomic E-state index is 13.6. The van der Waals surface area contributed by atoms with Crippen molar-refractivity contribution >= 4 is 17.5 Å². The zero-order chi connectivity index (χ0) is 17.6. The van der Waals surface area contributed by atoms with Gasteiger partial charge in [0.05, 0.1) is 5.75 Å². The van der Waals surface area contributed by atoms with Crippen LogP contribution in [0.5, 0.6) is 5.75 Å². The van der Waals surface area contributed by atoms with Gasteiger partial charge >= 0.3 is 0 Å². The monoisotopic (exact) mass is 358 g/mol. The highest BCUT2D eigenvalue weighted by molar-refractivity contribution is 7.99. The first-order valence-electron chi connectivity index (χ1n) is 7.59. The average molecular weight is 358 g/mol. The van der Waals surface area contributed by atoms with E-state index in [1.54, 1.807) is 31.2 Å². The van der Waals surface area contributed by atoms with Gasteiger partial charge in [-0.15, -0.1) is 10.2 Å². The van der Waals surface area contributed by atoms with E-state index >= 15 is 0 Å². The van der Waals surface area contributed by atoms with E-state index in [1.165, 1.54) is 12.1 Å². The molecule has 0 aliphatic carbocycles. The summed E-state index contributed by atoms with van der Waals surface area (Å²) in [4.78, 5) is 12.1. The number of ether oxygens (including phenoxy) is 1. The van der Waals surface area contributed by atoms with Crippen molar-refractivity contribution in [3.05, 3.63) is 71.9 Å². The van der Waals surface area contributed by atoms with Crippen molar-refractivity contribution in [2.75, 3.05) is 5.75 Å². The number of benzene rings is 2. The summed E-state index contributed by atoms with van der Waals surface area (Å²) in [5, 5.41) is 8.05. The lowest BCUT2D eigenvalue weighted by atomic mass is 10.2. The zero-order valence-corrected chi connectivity index (χ0v) is 14.2. The lowest BCUT2D eigenvalue weighted by Gasteiger charge is -2.11. The van der Waals surface area contributed by atoms with Crippen molar-refractivity contribution in [3.63, 3.8) is 0 Å². The van der Waals surface area contributed by atoms with Crippen LogP contribution in [0.15, 0.2) is 64.2 Å². The number of hydrogen-bond donors (Lipinski definition) is 0. The van der Waals surface area contributed by atoms with Crippen LogP contribution in [0.4, 0.5) is 4.39 Å². The Kier molecular flexibility index (Phi) is 5.45. The number of aromatic nitrogens is 2. The number of nitrogens with zero attached hydrogens (tertiary/aromatic N) is 2. The molecule has 0 aliphatic heterocycles. The van der Waals surface area contributed by atoms with Gasteiger partial charge in [-0.3, -0.25) is 4.79 Å². The van der Waals surface area contributed by atoms with Crippen LogP contribution in [0, 0.1) is 5.82 Å². The standard InChI is InChI=1S/C18H15FN2O3S/c1-12(23-16-10-6-5-9-14(16)19)17-20-21-18(24-17)25-11-15(22)13-7-3-2-4-8-13/h2-10,12H,11H2,1H3/t12-/m0/s1. The van der Waals surface area contributed by atoms with Crippen molar-refractivity contribution < 1.29 is 18.3 Å². The van der Waals surface area contributed by atoms with E-state index in [9.17, 15) is 9.18 Å². The average Bonchev–Trinajstić information content (AvgIpc) is 3.11. The summed E-state index contributed by atoms with van der Waals surface area (Å²) in [5.74, 6) is 0.0336. The van der Waals surface area contributed by atoms with E-state index < -0.39 is 11.9 Å². The molecule has 0 radical (unpaired) electrons. The Labute approximate surface area is 148 Å². The zero-order valence-electron chi connectivity index (χ0n) is 13.4. The van der Waals surface area contributed by atoms with Crippen molar-refractivity contribution in [3.8, 4) is 5.75 Å². The van der Waals surface area contributed by atoms with E-state index in [-0.39, 0.29) is 28.4 Å².